The van der Waals surface area contributed by atoms with Gasteiger partial charge in [0.1, 0.15) is 12.1 Å². The fraction of sp³-hybridized carbons (Fsp3) is 0.545. The van der Waals surface area contributed by atoms with Gasteiger partial charge in [0.2, 0.25) is 0 Å². The van der Waals surface area contributed by atoms with Crippen LogP contribution >= 0.6 is 0 Å². The van der Waals surface area contributed by atoms with Gasteiger partial charge in [-0.1, -0.05) is 6.92 Å². The lowest BCUT2D eigenvalue weighted by atomic mass is 9.87. The molecule has 5 heteroatoms. The van der Waals surface area contributed by atoms with Gasteiger partial charge in [-0.05, 0) is 6.92 Å². The molecule has 0 aliphatic carbocycles. The number of carbonyl (C=O) groups is 1. The molecule has 86 valence electrons. The fourth-order valence-electron chi connectivity index (χ4n) is 1.83. The van der Waals surface area contributed by atoms with E-state index in [1.807, 2.05) is 13.0 Å². The zero-order valence-electron chi connectivity index (χ0n) is 9.42. The monoisotopic (exact) mass is 221 g/mol. The largest absolute Gasteiger partial charge is 0.481 e. The quantitative estimate of drug-likeness (QED) is 0.822. The Kier molecular flexibility index (Phi) is 2.77. The molecule has 2 heterocycles. The van der Waals surface area contributed by atoms with Crippen LogP contribution in [0.2, 0.25) is 0 Å². The molecule has 1 N–H and O–H groups in total. The Morgan fingerprint density at radius 3 is 2.81 bits per heavy atom. The van der Waals surface area contributed by atoms with E-state index in [-0.39, 0.29) is 11.8 Å². The van der Waals surface area contributed by atoms with Crippen LogP contribution < -0.4 is 4.90 Å². The van der Waals surface area contributed by atoms with Crippen LogP contribution in [-0.2, 0) is 4.79 Å². The van der Waals surface area contributed by atoms with E-state index in [0.717, 1.165) is 24.6 Å². The van der Waals surface area contributed by atoms with Crippen molar-refractivity contribution in [2.75, 3.05) is 18.0 Å². The van der Waals surface area contributed by atoms with Crippen LogP contribution in [0.25, 0.3) is 0 Å². The number of hydrogen-bond donors (Lipinski definition) is 1. The second kappa shape index (κ2) is 4.08. The number of nitrogens with zero attached hydrogens (tertiary/aromatic N) is 3. The maximum absolute atomic E-state index is 10.8. The minimum Gasteiger partial charge on any atom is -0.481 e. The van der Waals surface area contributed by atoms with Gasteiger partial charge in [-0.15, -0.1) is 0 Å². The Labute approximate surface area is 94.1 Å². The summed E-state index contributed by atoms with van der Waals surface area (Å²) in [4.78, 5) is 21.1. The van der Waals surface area contributed by atoms with Gasteiger partial charge in [0.15, 0.2) is 0 Å². The Balaban J connectivity index is 1.96. The summed E-state index contributed by atoms with van der Waals surface area (Å²) in [5.41, 5.74) is 0.930. The van der Waals surface area contributed by atoms with Crippen LogP contribution in [0.5, 0.6) is 0 Å². The first-order valence-electron chi connectivity index (χ1n) is 5.34. The van der Waals surface area contributed by atoms with E-state index in [9.17, 15) is 4.79 Å². The highest BCUT2D eigenvalue weighted by Crippen LogP contribution is 2.27. The minimum atomic E-state index is -0.719. The van der Waals surface area contributed by atoms with Crippen LogP contribution in [0.1, 0.15) is 12.6 Å². The Morgan fingerprint density at radius 2 is 2.25 bits per heavy atom. The highest BCUT2D eigenvalue weighted by atomic mass is 16.4. The molecule has 1 saturated heterocycles. The number of carboxylic acid groups (broad SMARTS) is 1. The predicted molar refractivity (Wildman–Crippen MR) is 59.3 cm³/mol. The van der Waals surface area contributed by atoms with Gasteiger partial charge in [0.25, 0.3) is 0 Å². The molecule has 0 spiro atoms. The molecular formula is C11H15N3O2. The fourth-order valence-corrected chi connectivity index (χ4v) is 1.83. The number of rotatable bonds is 3. The maximum Gasteiger partial charge on any atom is 0.306 e. The van der Waals surface area contributed by atoms with E-state index in [1.54, 1.807) is 13.3 Å². The third-order valence-electron chi connectivity index (χ3n) is 3.12. The van der Waals surface area contributed by atoms with Crippen molar-refractivity contribution in [1.82, 2.24) is 9.97 Å². The second-order valence-electron chi connectivity index (χ2n) is 4.31. The SMILES string of the molecule is Cc1cc(N2CC(C(C)C(=O)O)C2)ncn1. The van der Waals surface area contributed by atoms with Gasteiger partial charge in [0.05, 0.1) is 5.92 Å². The van der Waals surface area contributed by atoms with E-state index >= 15 is 0 Å². The number of aliphatic carboxylic acids is 1. The average molecular weight is 221 g/mol. The third-order valence-corrected chi connectivity index (χ3v) is 3.12. The van der Waals surface area contributed by atoms with Gasteiger partial charge in [0, 0.05) is 30.8 Å². The lowest BCUT2D eigenvalue weighted by molar-refractivity contribution is -0.143. The molecule has 0 radical (unpaired) electrons. The van der Waals surface area contributed by atoms with Crippen LogP contribution in [0.3, 0.4) is 0 Å². The molecule has 0 saturated carbocycles. The number of anilines is 1. The van der Waals surface area contributed by atoms with Crippen molar-refractivity contribution in [1.29, 1.82) is 0 Å². The van der Waals surface area contributed by atoms with Crippen molar-refractivity contribution in [3.63, 3.8) is 0 Å². The number of carboxylic acids is 1. The molecule has 16 heavy (non-hydrogen) atoms. The summed E-state index contributed by atoms with van der Waals surface area (Å²) in [7, 11) is 0. The highest BCUT2D eigenvalue weighted by Gasteiger charge is 2.35. The molecular weight excluding hydrogens is 206 g/mol. The topological polar surface area (TPSA) is 66.3 Å². The molecule has 1 fully saturated rings. The van der Waals surface area contributed by atoms with E-state index in [4.69, 9.17) is 5.11 Å². The molecule has 1 unspecified atom stereocenters. The van der Waals surface area contributed by atoms with Crippen molar-refractivity contribution in [2.45, 2.75) is 13.8 Å². The first-order chi connectivity index (χ1) is 7.58. The first-order valence-corrected chi connectivity index (χ1v) is 5.34. The zero-order valence-corrected chi connectivity index (χ0v) is 9.42. The molecule has 1 aromatic heterocycles. The Morgan fingerprint density at radius 1 is 1.56 bits per heavy atom. The highest BCUT2D eigenvalue weighted by molar-refractivity contribution is 5.70. The lowest BCUT2D eigenvalue weighted by Crippen LogP contribution is -2.51. The molecule has 0 amide bonds. The van der Waals surface area contributed by atoms with Gasteiger partial charge < -0.3 is 10.0 Å². The Bertz CT molecular complexity index is 402. The van der Waals surface area contributed by atoms with Gasteiger partial charge in [-0.3, -0.25) is 4.79 Å². The number of aromatic nitrogens is 2. The summed E-state index contributed by atoms with van der Waals surface area (Å²) in [6, 6.07) is 1.92. The van der Waals surface area contributed by atoms with Crippen LogP contribution in [0.4, 0.5) is 5.82 Å². The molecule has 1 aromatic rings. The van der Waals surface area contributed by atoms with Crippen molar-refractivity contribution in [2.24, 2.45) is 11.8 Å². The van der Waals surface area contributed by atoms with Crippen molar-refractivity contribution < 1.29 is 9.90 Å². The van der Waals surface area contributed by atoms with Crippen molar-refractivity contribution in [3.05, 3.63) is 18.1 Å². The van der Waals surface area contributed by atoms with Gasteiger partial charge in [-0.25, -0.2) is 9.97 Å². The maximum atomic E-state index is 10.8. The molecule has 1 aliphatic rings. The van der Waals surface area contributed by atoms with Gasteiger partial charge in [-0.2, -0.15) is 0 Å². The summed E-state index contributed by atoms with van der Waals surface area (Å²) < 4.78 is 0. The first kappa shape index (κ1) is 10.9. The zero-order chi connectivity index (χ0) is 11.7. The van der Waals surface area contributed by atoms with Crippen LogP contribution in [0, 0.1) is 18.8 Å². The van der Waals surface area contributed by atoms with E-state index < -0.39 is 5.97 Å². The molecule has 1 aliphatic heterocycles. The predicted octanol–water partition coefficient (Wildman–Crippen LogP) is 0.942. The normalized spacial score (nSPS) is 18.0. The Hall–Kier alpha value is -1.65. The molecule has 2 rings (SSSR count). The smallest absolute Gasteiger partial charge is 0.306 e. The van der Waals surface area contributed by atoms with E-state index in [0.29, 0.717) is 0 Å². The molecule has 0 aromatic carbocycles. The summed E-state index contributed by atoms with van der Waals surface area (Å²) in [5, 5.41) is 8.87. The van der Waals surface area contributed by atoms with Crippen molar-refractivity contribution in [3.8, 4) is 0 Å². The summed E-state index contributed by atoms with van der Waals surface area (Å²) >= 11 is 0. The summed E-state index contributed by atoms with van der Waals surface area (Å²) in [6.07, 6.45) is 1.54. The van der Waals surface area contributed by atoms with E-state index in [2.05, 4.69) is 14.9 Å². The third kappa shape index (κ3) is 1.98. The lowest BCUT2D eigenvalue weighted by Gasteiger charge is -2.42. The molecule has 5 nitrogen and oxygen atoms in total. The standard InChI is InChI=1S/C11H15N3O2/c1-7-3-10(13-6-12-7)14-4-9(5-14)8(2)11(15)16/h3,6,8-9H,4-5H2,1-2H3,(H,15,16). The van der Waals surface area contributed by atoms with Gasteiger partial charge >= 0.3 is 5.97 Å². The van der Waals surface area contributed by atoms with Crippen LogP contribution in [-0.4, -0.2) is 34.1 Å². The average Bonchev–Trinajstić information content (AvgIpc) is 2.15. The molecule has 0 bridgehead atoms. The minimum absolute atomic E-state index is 0.229. The molecule has 1 atom stereocenters. The van der Waals surface area contributed by atoms with Crippen LogP contribution in [0.15, 0.2) is 12.4 Å². The number of aryl methyl sites for hydroxylation is 1. The summed E-state index contributed by atoms with van der Waals surface area (Å²) in [6.45, 7) is 5.21. The summed E-state index contributed by atoms with van der Waals surface area (Å²) in [5.74, 6) is 0.122. The number of hydrogen-bond acceptors (Lipinski definition) is 4. The van der Waals surface area contributed by atoms with Crippen molar-refractivity contribution >= 4 is 11.8 Å². The second-order valence-corrected chi connectivity index (χ2v) is 4.31. The van der Waals surface area contributed by atoms with E-state index in [1.165, 1.54) is 0 Å².